The van der Waals surface area contributed by atoms with Crippen LogP contribution in [0.25, 0.3) is 10.9 Å². The number of fused-ring (bicyclic) bond motifs is 1. The molecular weight excluding hydrogens is 510 g/mol. The Labute approximate surface area is 234 Å². The zero-order valence-corrected chi connectivity index (χ0v) is 23.2. The summed E-state index contributed by atoms with van der Waals surface area (Å²) in [6.45, 7) is 1.61. The lowest BCUT2D eigenvalue weighted by atomic mass is 9.90. The number of hydrogen-bond donors (Lipinski definition) is 0. The van der Waals surface area contributed by atoms with Gasteiger partial charge in [-0.2, -0.15) is 0 Å². The fourth-order valence-corrected chi connectivity index (χ4v) is 5.57. The monoisotopic (exact) mass is 543 g/mol. The zero-order valence-electron chi connectivity index (χ0n) is 22.4. The number of carbonyl (C=O) groups is 2. The summed E-state index contributed by atoms with van der Waals surface area (Å²) in [6.07, 6.45) is 3.16. The Hall–Kier alpha value is -3.77. The first-order chi connectivity index (χ1) is 18.9. The summed E-state index contributed by atoms with van der Waals surface area (Å²) in [5.41, 5.74) is 3.21. The molecule has 1 fully saturated rings. The topological polar surface area (TPSA) is 54.8 Å². The van der Waals surface area contributed by atoms with Crippen molar-refractivity contribution in [1.29, 1.82) is 0 Å². The highest BCUT2D eigenvalue weighted by molar-refractivity contribution is 6.30. The summed E-state index contributed by atoms with van der Waals surface area (Å²) >= 11 is 6.06. The largest absolute Gasteiger partial charge is 0.490 e. The predicted molar refractivity (Wildman–Crippen MR) is 155 cm³/mol. The lowest BCUT2D eigenvalue weighted by Crippen LogP contribution is -2.49. The number of nitrogens with zero attached hydrogens (tertiary/aromatic N) is 3. The molecule has 1 aliphatic rings. The standard InChI is InChI=1S/C32H34ClN3O3/c1-34-21-24(28-10-6-7-11-29(28)34)18-32(38)36-17-16-30(39-27-14-12-26(33)13-15-27)25(22-36)19-31(37)35(2)20-23-8-4-3-5-9-23/h3-15,21,25,30H,16-20,22H2,1-2H3/t25-,30-/m0/s1. The van der Waals surface area contributed by atoms with Gasteiger partial charge in [0.2, 0.25) is 11.8 Å². The minimum absolute atomic E-state index is 0.0388. The lowest BCUT2D eigenvalue weighted by Gasteiger charge is -2.39. The van der Waals surface area contributed by atoms with E-state index < -0.39 is 0 Å². The first kappa shape index (κ1) is 26.8. The van der Waals surface area contributed by atoms with Gasteiger partial charge in [-0.25, -0.2) is 0 Å². The van der Waals surface area contributed by atoms with E-state index in [1.54, 1.807) is 17.0 Å². The van der Waals surface area contributed by atoms with Crippen LogP contribution in [0.1, 0.15) is 24.0 Å². The van der Waals surface area contributed by atoms with Gasteiger partial charge in [0, 0.05) is 74.6 Å². The quantitative estimate of drug-likeness (QED) is 0.286. The van der Waals surface area contributed by atoms with Crippen molar-refractivity contribution in [2.24, 2.45) is 13.0 Å². The molecule has 202 valence electrons. The van der Waals surface area contributed by atoms with Crippen LogP contribution in [0.3, 0.4) is 0 Å². The predicted octanol–water partition coefficient (Wildman–Crippen LogP) is 5.72. The van der Waals surface area contributed by atoms with Gasteiger partial charge < -0.3 is 19.1 Å². The van der Waals surface area contributed by atoms with E-state index in [1.165, 1.54) is 0 Å². The maximum Gasteiger partial charge on any atom is 0.227 e. The van der Waals surface area contributed by atoms with E-state index in [2.05, 4.69) is 16.7 Å². The van der Waals surface area contributed by atoms with Gasteiger partial charge in [-0.15, -0.1) is 0 Å². The molecular formula is C32H34ClN3O3. The van der Waals surface area contributed by atoms with Crippen molar-refractivity contribution in [3.8, 4) is 5.75 Å². The number of hydrogen-bond acceptors (Lipinski definition) is 3. The molecule has 0 aliphatic carbocycles. The summed E-state index contributed by atoms with van der Waals surface area (Å²) in [5, 5.41) is 1.74. The fourth-order valence-electron chi connectivity index (χ4n) is 5.44. The van der Waals surface area contributed by atoms with Crippen LogP contribution in [0.4, 0.5) is 0 Å². The Kier molecular flexibility index (Phi) is 8.22. The van der Waals surface area contributed by atoms with E-state index in [-0.39, 0.29) is 23.8 Å². The number of carbonyl (C=O) groups excluding carboxylic acids is 2. The van der Waals surface area contributed by atoms with Crippen LogP contribution in [0, 0.1) is 5.92 Å². The van der Waals surface area contributed by atoms with Crippen LogP contribution in [-0.4, -0.2) is 52.4 Å². The Morgan fingerprint density at radius 3 is 2.49 bits per heavy atom. The number of aromatic nitrogens is 1. The highest BCUT2D eigenvalue weighted by Crippen LogP contribution is 2.28. The van der Waals surface area contributed by atoms with Gasteiger partial charge >= 0.3 is 0 Å². The molecule has 5 rings (SSSR count). The van der Waals surface area contributed by atoms with E-state index in [1.807, 2.05) is 79.8 Å². The molecule has 6 nitrogen and oxygen atoms in total. The van der Waals surface area contributed by atoms with Crippen LogP contribution in [0.15, 0.2) is 85.1 Å². The van der Waals surface area contributed by atoms with Gasteiger partial charge in [-0.05, 0) is 41.5 Å². The van der Waals surface area contributed by atoms with Crippen molar-refractivity contribution in [1.82, 2.24) is 14.4 Å². The third-order valence-corrected chi connectivity index (χ3v) is 7.82. The highest BCUT2D eigenvalue weighted by atomic mass is 35.5. The third kappa shape index (κ3) is 6.45. The molecule has 0 bridgehead atoms. The molecule has 2 heterocycles. The van der Waals surface area contributed by atoms with Gasteiger partial charge in [-0.1, -0.05) is 60.1 Å². The summed E-state index contributed by atoms with van der Waals surface area (Å²) < 4.78 is 8.42. The van der Waals surface area contributed by atoms with Crippen molar-refractivity contribution in [2.75, 3.05) is 20.1 Å². The minimum Gasteiger partial charge on any atom is -0.490 e. The molecule has 0 unspecified atom stereocenters. The number of likely N-dealkylation sites (tertiary alicyclic amines) is 1. The van der Waals surface area contributed by atoms with Crippen molar-refractivity contribution in [2.45, 2.75) is 31.9 Å². The summed E-state index contributed by atoms with van der Waals surface area (Å²) in [6, 6.07) is 25.4. The Balaban J connectivity index is 1.30. The SMILES string of the molecule is CN(Cc1ccccc1)C(=O)C[C@H]1CN(C(=O)Cc2cn(C)c3ccccc23)CC[C@@H]1Oc1ccc(Cl)cc1. The van der Waals surface area contributed by atoms with E-state index in [9.17, 15) is 9.59 Å². The molecule has 0 spiro atoms. The fraction of sp³-hybridized carbons (Fsp3) is 0.312. The number of ether oxygens (including phenoxy) is 1. The Morgan fingerprint density at radius 1 is 1.00 bits per heavy atom. The molecule has 7 heteroatoms. The first-order valence-electron chi connectivity index (χ1n) is 13.4. The number of benzene rings is 3. The van der Waals surface area contributed by atoms with Crippen molar-refractivity contribution < 1.29 is 14.3 Å². The van der Waals surface area contributed by atoms with Crippen LogP contribution < -0.4 is 4.74 Å². The number of rotatable bonds is 8. The number of aryl methyl sites for hydroxylation is 1. The van der Waals surface area contributed by atoms with E-state index in [0.717, 1.165) is 27.8 Å². The molecule has 0 radical (unpaired) electrons. The highest BCUT2D eigenvalue weighted by Gasteiger charge is 2.35. The van der Waals surface area contributed by atoms with Gasteiger partial charge in [0.25, 0.3) is 0 Å². The lowest BCUT2D eigenvalue weighted by molar-refractivity contribution is -0.138. The second-order valence-electron chi connectivity index (χ2n) is 10.4. The Morgan fingerprint density at radius 2 is 1.72 bits per heavy atom. The van der Waals surface area contributed by atoms with Crippen molar-refractivity contribution in [3.05, 3.63) is 101 Å². The van der Waals surface area contributed by atoms with Crippen LogP contribution in [-0.2, 0) is 29.6 Å². The summed E-state index contributed by atoms with van der Waals surface area (Å²) in [7, 11) is 3.83. The number of amides is 2. The van der Waals surface area contributed by atoms with Crippen molar-refractivity contribution in [3.63, 3.8) is 0 Å². The number of halogens is 1. The first-order valence-corrected chi connectivity index (χ1v) is 13.8. The second-order valence-corrected chi connectivity index (χ2v) is 10.8. The van der Waals surface area contributed by atoms with Crippen LogP contribution in [0.5, 0.6) is 5.75 Å². The Bertz CT molecular complexity index is 1430. The smallest absolute Gasteiger partial charge is 0.227 e. The van der Waals surface area contributed by atoms with E-state index in [0.29, 0.717) is 43.9 Å². The summed E-state index contributed by atoms with van der Waals surface area (Å²) in [4.78, 5) is 30.5. The van der Waals surface area contributed by atoms with Gasteiger partial charge in [0.1, 0.15) is 11.9 Å². The van der Waals surface area contributed by atoms with E-state index >= 15 is 0 Å². The van der Waals surface area contributed by atoms with Crippen LogP contribution >= 0.6 is 11.6 Å². The number of para-hydroxylation sites is 1. The zero-order chi connectivity index (χ0) is 27.4. The molecule has 39 heavy (non-hydrogen) atoms. The van der Waals surface area contributed by atoms with Crippen LogP contribution in [0.2, 0.25) is 5.02 Å². The molecule has 0 saturated carbocycles. The molecule has 1 saturated heterocycles. The normalized spacial score (nSPS) is 17.3. The van der Waals surface area contributed by atoms with Crippen molar-refractivity contribution >= 4 is 34.3 Å². The summed E-state index contributed by atoms with van der Waals surface area (Å²) in [5.74, 6) is 0.704. The maximum absolute atomic E-state index is 13.5. The van der Waals surface area contributed by atoms with Gasteiger partial charge in [0.05, 0.1) is 6.42 Å². The molecule has 4 aromatic rings. The van der Waals surface area contributed by atoms with Gasteiger partial charge in [0.15, 0.2) is 0 Å². The average Bonchev–Trinajstić information content (AvgIpc) is 3.26. The van der Waals surface area contributed by atoms with E-state index in [4.69, 9.17) is 16.3 Å². The molecule has 1 aromatic heterocycles. The maximum atomic E-state index is 13.5. The molecule has 2 amide bonds. The number of piperidine rings is 1. The molecule has 2 atom stereocenters. The second kappa shape index (κ2) is 12.0. The van der Waals surface area contributed by atoms with Gasteiger partial charge in [-0.3, -0.25) is 9.59 Å². The minimum atomic E-state index is -0.179. The molecule has 3 aromatic carbocycles. The molecule has 1 aliphatic heterocycles. The third-order valence-electron chi connectivity index (χ3n) is 7.56. The molecule has 0 N–H and O–H groups in total. The average molecular weight is 544 g/mol.